The molecule has 0 unspecified atom stereocenters. The molecule has 0 spiro atoms. The number of aromatic nitrogens is 1. The van der Waals surface area contributed by atoms with Crippen molar-refractivity contribution >= 4 is 0 Å². The Hall–Kier alpha value is -0.760. The third-order valence-corrected chi connectivity index (χ3v) is 3.24. The van der Waals surface area contributed by atoms with Crippen molar-refractivity contribution in [2.75, 3.05) is 0 Å². The quantitative estimate of drug-likeness (QED) is 0.737. The average Bonchev–Trinajstić information content (AvgIpc) is 2.33. The Morgan fingerprint density at radius 3 is 2.23 bits per heavy atom. The molecule has 2 heteroatoms. The Morgan fingerprint density at radius 2 is 1.85 bits per heavy atom. The number of nitrogens with zero attached hydrogens (tertiary/aromatic N) is 1. The van der Waals surface area contributed by atoms with Gasteiger partial charge in [0, 0.05) is 23.5 Å². The van der Waals surface area contributed by atoms with Crippen LogP contribution in [-0.4, -0.2) is 10.1 Å². The molecule has 1 aliphatic rings. The van der Waals surface area contributed by atoms with Gasteiger partial charge >= 0.3 is 0 Å². The van der Waals surface area contributed by atoms with Crippen LogP contribution >= 0.6 is 0 Å². The molecule has 0 radical (unpaired) electrons. The van der Waals surface area contributed by atoms with Gasteiger partial charge in [-0.2, -0.15) is 0 Å². The molecule has 0 atom stereocenters. The predicted octanol–water partition coefficient (Wildman–Crippen LogP) is 1.99. The van der Waals surface area contributed by atoms with Gasteiger partial charge in [-0.1, -0.05) is 0 Å². The first-order valence-corrected chi connectivity index (χ1v) is 5.02. The summed E-state index contributed by atoms with van der Waals surface area (Å²) in [6, 6.07) is 4.33. The zero-order valence-corrected chi connectivity index (χ0v) is 8.51. The first-order valence-electron chi connectivity index (χ1n) is 5.02. The summed E-state index contributed by atoms with van der Waals surface area (Å²) in [5.74, 6) is 0. The van der Waals surface area contributed by atoms with Gasteiger partial charge in [-0.05, 0) is 45.2 Å². The summed E-state index contributed by atoms with van der Waals surface area (Å²) in [6.45, 7) is 5.29. The standard InChI is InChI=1S/C11H18N2/c1-9-4-5-10(2)13(9)8-11(12)6-3-7-11/h4-5H,3,6-8,12H2,1-2H3. The maximum atomic E-state index is 6.21. The third-order valence-electron chi connectivity index (χ3n) is 3.24. The largest absolute Gasteiger partial charge is 0.347 e. The zero-order valence-electron chi connectivity index (χ0n) is 8.51. The third kappa shape index (κ3) is 1.51. The highest BCUT2D eigenvalue weighted by molar-refractivity contribution is 5.15. The van der Waals surface area contributed by atoms with E-state index in [-0.39, 0.29) is 5.54 Å². The lowest BCUT2D eigenvalue weighted by Crippen LogP contribution is -2.50. The fraction of sp³-hybridized carbons (Fsp3) is 0.636. The fourth-order valence-corrected chi connectivity index (χ4v) is 2.05. The van der Waals surface area contributed by atoms with Crippen LogP contribution in [0.25, 0.3) is 0 Å². The maximum absolute atomic E-state index is 6.21. The van der Waals surface area contributed by atoms with Crippen molar-refractivity contribution in [3.05, 3.63) is 23.5 Å². The van der Waals surface area contributed by atoms with Gasteiger partial charge in [0.25, 0.3) is 0 Å². The molecule has 13 heavy (non-hydrogen) atoms. The number of hydrogen-bond donors (Lipinski definition) is 1. The van der Waals surface area contributed by atoms with Gasteiger partial charge in [0.2, 0.25) is 0 Å². The van der Waals surface area contributed by atoms with E-state index in [9.17, 15) is 0 Å². The van der Waals surface area contributed by atoms with E-state index in [4.69, 9.17) is 5.73 Å². The van der Waals surface area contributed by atoms with Gasteiger partial charge in [-0.25, -0.2) is 0 Å². The molecule has 2 rings (SSSR count). The molecule has 2 N–H and O–H groups in total. The Bertz CT molecular complexity index is 288. The van der Waals surface area contributed by atoms with Crippen LogP contribution < -0.4 is 5.73 Å². The first-order chi connectivity index (χ1) is 6.11. The number of hydrogen-bond acceptors (Lipinski definition) is 1. The van der Waals surface area contributed by atoms with Gasteiger partial charge in [-0.3, -0.25) is 0 Å². The van der Waals surface area contributed by atoms with E-state index in [1.165, 1.54) is 30.7 Å². The summed E-state index contributed by atoms with van der Waals surface area (Å²) in [4.78, 5) is 0. The minimum atomic E-state index is 0.0918. The van der Waals surface area contributed by atoms with E-state index in [1.807, 2.05) is 0 Å². The molecule has 1 heterocycles. The summed E-state index contributed by atoms with van der Waals surface area (Å²) in [5.41, 5.74) is 8.96. The Morgan fingerprint density at radius 1 is 1.31 bits per heavy atom. The summed E-state index contributed by atoms with van der Waals surface area (Å²) in [5, 5.41) is 0. The highest BCUT2D eigenvalue weighted by atomic mass is 15.0. The van der Waals surface area contributed by atoms with Crippen LogP contribution in [-0.2, 0) is 6.54 Å². The highest BCUT2D eigenvalue weighted by Crippen LogP contribution is 2.31. The molecular weight excluding hydrogens is 160 g/mol. The molecule has 72 valence electrons. The van der Waals surface area contributed by atoms with Crippen molar-refractivity contribution in [1.82, 2.24) is 4.57 Å². The molecule has 1 aliphatic carbocycles. The minimum Gasteiger partial charge on any atom is -0.347 e. The number of nitrogens with two attached hydrogens (primary N) is 1. The van der Waals surface area contributed by atoms with E-state index >= 15 is 0 Å². The molecule has 1 saturated carbocycles. The molecule has 0 amide bonds. The molecule has 1 aromatic heterocycles. The molecule has 1 fully saturated rings. The first kappa shape index (κ1) is 8.82. The van der Waals surface area contributed by atoms with Crippen molar-refractivity contribution in [3.63, 3.8) is 0 Å². The van der Waals surface area contributed by atoms with Crippen LogP contribution in [0.2, 0.25) is 0 Å². The summed E-state index contributed by atoms with van der Waals surface area (Å²) < 4.78 is 2.33. The second-order valence-electron chi connectivity index (χ2n) is 4.42. The van der Waals surface area contributed by atoms with Crippen LogP contribution in [0.5, 0.6) is 0 Å². The van der Waals surface area contributed by atoms with Crippen molar-refractivity contribution in [1.29, 1.82) is 0 Å². The lowest BCUT2D eigenvalue weighted by molar-refractivity contribution is 0.213. The Labute approximate surface area is 79.7 Å². The van der Waals surface area contributed by atoms with Crippen LogP contribution in [0.15, 0.2) is 12.1 Å². The summed E-state index contributed by atoms with van der Waals surface area (Å²) >= 11 is 0. The highest BCUT2D eigenvalue weighted by Gasteiger charge is 2.33. The van der Waals surface area contributed by atoms with E-state index in [0.717, 1.165) is 6.54 Å². The molecule has 0 saturated heterocycles. The molecular formula is C11H18N2. The lowest BCUT2D eigenvalue weighted by atomic mass is 9.77. The van der Waals surface area contributed by atoms with Gasteiger partial charge < -0.3 is 10.3 Å². The van der Waals surface area contributed by atoms with E-state index < -0.39 is 0 Å². The number of aryl methyl sites for hydroxylation is 2. The van der Waals surface area contributed by atoms with Crippen LogP contribution in [0.3, 0.4) is 0 Å². The predicted molar refractivity (Wildman–Crippen MR) is 54.7 cm³/mol. The Balaban J connectivity index is 2.17. The van der Waals surface area contributed by atoms with E-state index in [0.29, 0.717) is 0 Å². The lowest BCUT2D eigenvalue weighted by Gasteiger charge is -2.39. The molecule has 0 aliphatic heterocycles. The smallest absolute Gasteiger partial charge is 0.0405 e. The van der Waals surface area contributed by atoms with Gasteiger partial charge in [-0.15, -0.1) is 0 Å². The molecule has 1 aromatic rings. The van der Waals surface area contributed by atoms with Crippen molar-refractivity contribution in [2.45, 2.75) is 45.2 Å². The van der Waals surface area contributed by atoms with Crippen molar-refractivity contribution < 1.29 is 0 Å². The monoisotopic (exact) mass is 178 g/mol. The van der Waals surface area contributed by atoms with Gasteiger partial charge in [0.1, 0.15) is 0 Å². The topological polar surface area (TPSA) is 30.9 Å². The second kappa shape index (κ2) is 2.88. The second-order valence-corrected chi connectivity index (χ2v) is 4.42. The maximum Gasteiger partial charge on any atom is 0.0405 e. The zero-order chi connectivity index (χ0) is 9.47. The van der Waals surface area contributed by atoms with E-state index in [1.54, 1.807) is 0 Å². The summed E-state index contributed by atoms with van der Waals surface area (Å²) in [6.07, 6.45) is 3.67. The summed E-state index contributed by atoms with van der Waals surface area (Å²) in [7, 11) is 0. The minimum absolute atomic E-state index is 0.0918. The van der Waals surface area contributed by atoms with Crippen molar-refractivity contribution in [3.8, 4) is 0 Å². The molecule has 0 bridgehead atoms. The Kier molecular flexibility index (Phi) is 1.95. The normalized spacial score (nSPS) is 19.9. The SMILES string of the molecule is Cc1ccc(C)n1CC1(N)CCC1. The van der Waals surface area contributed by atoms with E-state index in [2.05, 4.69) is 30.5 Å². The van der Waals surface area contributed by atoms with Gasteiger partial charge in [0.15, 0.2) is 0 Å². The molecule has 0 aromatic carbocycles. The van der Waals surface area contributed by atoms with Crippen LogP contribution in [0, 0.1) is 13.8 Å². The number of rotatable bonds is 2. The van der Waals surface area contributed by atoms with Crippen LogP contribution in [0.4, 0.5) is 0 Å². The van der Waals surface area contributed by atoms with Crippen molar-refractivity contribution in [2.24, 2.45) is 5.73 Å². The average molecular weight is 178 g/mol. The molecule has 2 nitrogen and oxygen atoms in total. The van der Waals surface area contributed by atoms with Gasteiger partial charge in [0.05, 0.1) is 0 Å². The van der Waals surface area contributed by atoms with Crippen LogP contribution in [0.1, 0.15) is 30.7 Å². The fourth-order valence-electron chi connectivity index (χ4n) is 2.05.